The van der Waals surface area contributed by atoms with E-state index in [4.69, 9.17) is 4.74 Å². The molecule has 1 atom stereocenters. The third-order valence-corrected chi connectivity index (χ3v) is 2.83. The summed E-state index contributed by atoms with van der Waals surface area (Å²) in [6, 6.07) is 10.1. The second-order valence-electron chi connectivity index (χ2n) is 3.94. The standard InChI is InChI=1S/C13H13N3O/c1-2-5-12-10(4-1)11(6-9-17-12)16-13-14-7-3-8-15-13/h1-5,7-8,11H,6,9H2,(H,14,15,16). The number of ether oxygens (including phenoxy) is 1. The van der Waals surface area contributed by atoms with Gasteiger partial charge in [-0.2, -0.15) is 0 Å². The fourth-order valence-corrected chi connectivity index (χ4v) is 2.02. The Bertz CT molecular complexity index is 501. The van der Waals surface area contributed by atoms with Crippen LogP contribution in [0.4, 0.5) is 5.95 Å². The third kappa shape index (κ3) is 2.06. The number of hydrogen-bond acceptors (Lipinski definition) is 4. The lowest BCUT2D eigenvalue weighted by atomic mass is 10.0. The van der Waals surface area contributed by atoms with Gasteiger partial charge in [0.25, 0.3) is 0 Å². The highest BCUT2D eigenvalue weighted by Gasteiger charge is 2.21. The van der Waals surface area contributed by atoms with Crippen molar-refractivity contribution in [3.05, 3.63) is 48.3 Å². The maximum atomic E-state index is 5.61. The van der Waals surface area contributed by atoms with Crippen LogP contribution in [0.3, 0.4) is 0 Å². The van der Waals surface area contributed by atoms with E-state index in [0.717, 1.165) is 18.8 Å². The smallest absolute Gasteiger partial charge is 0.223 e. The van der Waals surface area contributed by atoms with Crippen molar-refractivity contribution >= 4 is 5.95 Å². The van der Waals surface area contributed by atoms with Gasteiger partial charge in [-0.1, -0.05) is 18.2 Å². The summed E-state index contributed by atoms with van der Waals surface area (Å²) >= 11 is 0. The molecule has 1 aromatic carbocycles. The second-order valence-corrected chi connectivity index (χ2v) is 3.94. The van der Waals surface area contributed by atoms with Crippen molar-refractivity contribution in [3.63, 3.8) is 0 Å². The van der Waals surface area contributed by atoms with E-state index in [-0.39, 0.29) is 6.04 Å². The molecule has 0 amide bonds. The maximum Gasteiger partial charge on any atom is 0.223 e. The first-order valence-corrected chi connectivity index (χ1v) is 5.69. The zero-order chi connectivity index (χ0) is 11.5. The number of nitrogens with zero attached hydrogens (tertiary/aromatic N) is 2. The normalized spacial score (nSPS) is 18.0. The number of nitrogens with one attached hydrogen (secondary N) is 1. The number of fused-ring (bicyclic) bond motifs is 1. The highest BCUT2D eigenvalue weighted by atomic mass is 16.5. The van der Waals surface area contributed by atoms with Gasteiger partial charge in [0, 0.05) is 24.4 Å². The zero-order valence-electron chi connectivity index (χ0n) is 9.34. The zero-order valence-corrected chi connectivity index (χ0v) is 9.34. The molecule has 0 radical (unpaired) electrons. The first-order chi connectivity index (χ1) is 8.43. The molecule has 0 bridgehead atoms. The van der Waals surface area contributed by atoms with E-state index in [1.807, 2.05) is 24.3 Å². The topological polar surface area (TPSA) is 47.0 Å². The van der Waals surface area contributed by atoms with Crippen molar-refractivity contribution in [1.82, 2.24) is 9.97 Å². The van der Waals surface area contributed by atoms with Crippen molar-refractivity contribution in [2.24, 2.45) is 0 Å². The third-order valence-electron chi connectivity index (χ3n) is 2.83. The van der Waals surface area contributed by atoms with Gasteiger partial charge < -0.3 is 10.1 Å². The van der Waals surface area contributed by atoms with Crippen LogP contribution in [0.1, 0.15) is 18.0 Å². The molecule has 86 valence electrons. The van der Waals surface area contributed by atoms with E-state index < -0.39 is 0 Å². The number of benzene rings is 1. The van der Waals surface area contributed by atoms with Gasteiger partial charge in [0.05, 0.1) is 12.6 Å². The van der Waals surface area contributed by atoms with Crippen LogP contribution in [-0.4, -0.2) is 16.6 Å². The molecule has 0 fully saturated rings. The fourth-order valence-electron chi connectivity index (χ4n) is 2.02. The second kappa shape index (κ2) is 4.41. The summed E-state index contributed by atoms with van der Waals surface area (Å²) in [5, 5.41) is 3.33. The minimum absolute atomic E-state index is 0.224. The van der Waals surface area contributed by atoms with E-state index in [2.05, 4.69) is 21.4 Å². The van der Waals surface area contributed by atoms with Gasteiger partial charge in [0.2, 0.25) is 5.95 Å². The number of hydrogen-bond donors (Lipinski definition) is 1. The summed E-state index contributed by atoms with van der Waals surface area (Å²) < 4.78 is 5.61. The Kier molecular flexibility index (Phi) is 2.62. The molecule has 0 aliphatic carbocycles. The van der Waals surface area contributed by atoms with Crippen LogP contribution < -0.4 is 10.1 Å². The summed E-state index contributed by atoms with van der Waals surface area (Å²) in [6.45, 7) is 0.724. The van der Waals surface area contributed by atoms with Gasteiger partial charge in [-0.3, -0.25) is 0 Å². The van der Waals surface area contributed by atoms with Crippen molar-refractivity contribution < 1.29 is 4.74 Å². The van der Waals surface area contributed by atoms with Crippen LogP contribution in [0.15, 0.2) is 42.7 Å². The molecule has 1 aliphatic rings. The van der Waals surface area contributed by atoms with Crippen LogP contribution in [0.5, 0.6) is 5.75 Å². The quantitative estimate of drug-likeness (QED) is 0.855. The van der Waals surface area contributed by atoms with Crippen LogP contribution in [0.25, 0.3) is 0 Å². The van der Waals surface area contributed by atoms with Gasteiger partial charge in [-0.15, -0.1) is 0 Å². The molecule has 0 saturated carbocycles. The van der Waals surface area contributed by atoms with Crippen molar-refractivity contribution in [2.45, 2.75) is 12.5 Å². The Balaban J connectivity index is 1.86. The van der Waals surface area contributed by atoms with Gasteiger partial charge >= 0.3 is 0 Å². The lowest BCUT2D eigenvalue weighted by molar-refractivity contribution is 0.274. The molecular weight excluding hydrogens is 214 g/mol. The van der Waals surface area contributed by atoms with Crippen LogP contribution >= 0.6 is 0 Å². The SMILES string of the molecule is c1cnc(NC2CCOc3ccccc32)nc1. The Labute approximate surface area is 99.7 Å². The molecule has 1 aromatic heterocycles. The predicted octanol–water partition coefficient (Wildman–Crippen LogP) is 2.41. The summed E-state index contributed by atoms with van der Waals surface area (Å²) in [5.41, 5.74) is 1.17. The Hall–Kier alpha value is -2.10. The van der Waals surface area contributed by atoms with E-state index in [9.17, 15) is 0 Å². The molecule has 4 nitrogen and oxygen atoms in total. The molecule has 1 N–H and O–H groups in total. The fraction of sp³-hybridized carbons (Fsp3) is 0.231. The molecule has 2 heterocycles. The monoisotopic (exact) mass is 227 g/mol. The summed E-state index contributed by atoms with van der Waals surface area (Å²) in [7, 11) is 0. The Morgan fingerprint density at radius 2 is 1.94 bits per heavy atom. The molecule has 17 heavy (non-hydrogen) atoms. The van der Waals surface area contributed by atoms with Crippen LogP contribution in [0.2, 0.25) is 0 Å². The molecule has 2 aromatic rings. The maximum absolute atomic E-state index is 5.61. The molecule has 3 rings (SSSR count). The van der Waals surface area contributed by atoms with Crippen LogP contribution in [0, 0.1) is 0 Å². The van der Waals surface area contributed by atoms with Gasteiger partial charge in [-0.05, 0) is 12.1 Å². The molecule has 0 spiro atoms. The van der Waals surface area contributed by atoms with Crippen molar-refractivity contribution in [3.8, 4) is 5.75 Å². The molecule has 0 saturated heterocycles. The Morgan fingerprint density at radius 1 is 1.12 bits per heavy atom. The van der Waals surface area contributed by atoms with Gasteiger partial charge in [0.1, 0.15) is 5.75 Å². The largest absolute Gasteiger partial charge is 0.493 e. The highest BCUT2D eigenvalue weighted by molar-refractivity contribution is 5.41. The molecule has 1 unspecified atom stereocenters. The highest BCUT2D eigenvalue weighted by Crippen LogP contribution is 2.33. The number of para-hydroxylation sites is 1. The lowest BCUT2D eigenvalue weighted by Gasteiger charge is -2.26. The predicted molar refractivity (Wildman–Crippen MR) is 64.9 cm³/mol. The lowest BCUT2D eigenvalue weighted by Crippen LogP contribution is -2.21. The summed E-state index contributed by atoms with van der Waals surface area (Å²) in [6.07, 6.45) is 4.40. The molecule has 4 heteroatoms. The number of aromatic nitrogens is 2. The van der Waals surface area contributed by atoms with Crippen molar-refractivity contribution in [1.29, 1.82) is 0 Å². The van der Waals surface area contributed by atoms with E-state index in [1.54, 1.807) is 12.4 Å². The molecule has 1 aliphatic heterocycles. The van der Waals surface area contributed by atoms with E-state index >= 15 is 0 Å². The summed E-state index contributed by atoms with van der Waals surface area (Å²) in [4.78, 5) is 8.37. The molecular formula is C13H13N3O. The minimum atomic E-state index is 0.224. The Morgan fingerprint density at radius 3 is 2.82 bits per heavy atom. The first-order valence-electron chi connectivity index (χ1n) is 5.69. The minimum Gasteiger partial charge on any atom is -0.493 e. The van der Waals surface area contributed by atoms with E-state index in [0.29, 0.717) is 5.95 Å². The van der Waals surface area contributed by atoms with Crippen LogP contribution in [-0.2, 0) is 0 Å². The average Bonchev–Trinajstić information content (AvgIpc) is 2.40. The number of rotatable bonds is 2. The average molecular weight is 227 g/mol. The van der Waals surface area contributed by atoms with Crippen molar-refractivity contribution in [2.75, 3.05) is 11.9 Å². The van der Waals surface area contributed by atoms with Gasteiger partial charge in [0.15, 0.2) is 0 Å². The van der Waals surface area contributed by atoms with Gasteiger partial charge in [-0.25, -0.2) is 9.97 Å². The van der Waals surface area contributed by atoms with E-state index in [1.165, 1.54) is 5.56 Å². The summed E-state index contributed by atoms with van der Waals surface area (Å²) in [5.74, 6) is 1.61. The number of anilines is 1. The first kappa shape index (κ1) is 10.1.